The molecular weight excluding hydrogens is 515 g/mol. The van der Waals surface area contributed by atoms with Crippen molar-refractivity contribution < 1.29 is 28.7 Å². The van der Waals surface area contributed by atoms with Crippen LogP contribution in [0.4, 0.5) is 14.9 Å². The molecule has 3 aromatic rings. The van der Waals surface area contributed by atoms with E-state index in [1.54, 1.807) is 48.5 Å². The Kier molecular flexibility index (Phi) is 8.47. The fourth-order valence-electron chi connectivity index (χ4n) is 4.68. The quantitative estimate of drug-likeness (QED) is 0.399. The molecule has 3 N–H and O–H groups in total. The molecule has 0 spiro atoms. The number of fused-ring (bicyclic) bond motifs is 1. The van der Waals surface area contributed by atoms with Gasteiger partial charge in [-0.2, -0.15) is 0 Å². The number of nitrogens with one attached hydrogen (secondary N) is 2. The highest BCUT2D eigenvalue weighted by atomic mass is 19.1. The average Bonchev–Trinajstić information content (AvgIpc) is 3.35. The van der Waals surface area contributed by atoms with Gasteiger partial charge in [0.1, 0.15) is 23.9 Å². The summed E-state index contributed by atoms with van der Waals surface area (Å²) in [5.41, 5.74) is 3.24. The molecule has 9 nitrogen and oxygen atoms in total. The first kappa shape index (κ1) is 28.3. The lowest BCUT2D eigenvalue weighted by Gasteiger charge is -2.31. The van der Waals surface area contributed by atoms with Gasteiger partial charge in [0.25, 0.3) is 5.91 Å². The molecule has 10 heteroatoms. The number of carboxylic acid groups (broad SMARTS) is 1. The van der Waals surface area contributed by atoms with Crippen molar-refractivity contribution >= 4 is 29.5 Å². The van der Waals surface area contributed by atoms with Gasteiger partial charge in [0.15, 0.2) is 0 Å². The molecule has 0 unspecified atom stereocenters. The molecule has 1 heterocycles. The summed E-state index contributed by atoms with van der Waals surface area (Å²) in [6, 6.07) is 16.9. The number of benzene rings is 3. The molecule has 3 atom stereocenters. The summed E-state index contributed by atoms with van der Waals surface area (Å²) in [5.74, 6) is -2.05. The molecule has 0 saturated carbocycles. The van der Waals surface area contributed by atoms with Crippen LogP contribution in [0, 0.1) is 12.7 Å². The first-order chi connectivity index (χ1) is 19.1. The highest BCUT2D eigenvalue weighted by Crippen LogP contribution is 2.34. The van der Waals surface area contributed by atoms with Crippen LogP contribution in [-0.2, 0) is 27.3 Å². The Hall–Kier alpha value is -4.73. The molecule has 1 aliphatic rings. The van der Waals surface area contributed by atoms with E-state index >= 15 is 0 Å². The van der Waals surface area contributed by atoms with E-state index in [0.29, 0.717) is 16.8 Å². The number of anilines is 1. The number of likely N-dealkylation sites (N-methyl/N-ethyl adjacent to an activating group) is 1. The Morgan fingerprint density at radius 3 is 2.42 bits per heavy atom. The summed E-state index contributed by atoms with van der Waals surface area (Å²) in [6.07, 6.45) is -1.03. The van der Waals surface area contributed by atoms with Crippen molar-refractivity contribution in [1.82, 2.24) is 15.5 Å². The number of rotatable bonds is 8. The van der Waals surface area contributed by atoms with Crippen LogP contribution in [0.25, 0.3) is 0 Å². The molecule has 1 aliphatic heterocycles. The van der Waals surface area contributed by atoms with Gasteiger partial charge in [-0.25, -0.2) is 9.18 Å². The van der Waals surface area contributed by atoms with E-state index in [-0.39, 0.29) is 13.0 Å². The monoisotopic (exact) mass is 546 g/mol. The third kappa shape index (κ3) is 5.96. The zero-order chi connectivity index (χ0) is 29.0. The van der Waals surface area contributed by atoms with E-state index in [0.717, 1.165) is 16.0 Å². The van der Waals surface area contributed by atoms with Gasteiger partial charge in [0.05, 0.1) is 0 Å². The summed E-state index contributed by atoms with van der Waals surface area (Å²) in [6.45, 7) is 3.32. The molecule has 0 fully saturated rings. The van der Waals surface area contributed by atoms with Crippen molar-refractivity contribution in [3.8, 4) is 0 Å². The Bertz CT molecular complexity index is 1430. The zero-order valence-electron chi connectivity index (χ0n) is 22.4. The lowest BCUT2D eigenvalue weighted by molar-refractivity contribution is -0.131. The second-order valence-electron chi connectivity index (χ2n) is 9.77. The standard InChI is InChI=1S/C30H31FN4O5/c1-18-13-14-23(31)15-22(18)17-32-28(37)25-16-21-11-7-8-12-24(21)35(25)29(38)26(20-9-5-4-6-10-20)33-27(36)19(2)34(3)30(39)40/h4-15,19,25-26H,16-17H2,1-3H3,(H,32,37)(H,33,36)(H,39,40)/t19-,25-,26-/m0/s1. The number of halogens is 1. The van der Waals surface area contributed by atoms with Crippen LogP contribution in [0.2, 0.25) is 0 Å². The van der Waals surface area contributed by atoms with Gasteiger partial charge < -0.3 is 15.7 Å². The maximum absolute atomic E-state index is 14.2. The molecule has 0 radical (unpaired) electrons. The minimum absolute atomic E-state index is 0.0786. The molecule has 3 aromatic carbocycles. The van der Waals surface area contributed by atoms with Gasteiger partial charge >= 0.3 is 6.09 Å². The van der Waals surface area contributed by atoms with E-state index in [1.165, 1.54) is 31.0 Å². The van der Waals surface area contributed by atoms with Crippen LogP contribution in [0.5, 0.6) is 0 Å². The second-order valence-corrected chi connectivity index (χ2v) is 9.77. The minimum atomic E-state index is -1.29. The fraction of sp³-hybridized carbons (Fsp3) is 0.267. The Morgan fingerprint density at radius 1 is 1.05 bits per heavy atom. The zero-order valence-corrected chi connectivity index (χ0v) is 22.4. The van der Waals surface area contributed by atoms with E-state index in [1.807, 2.05) is 19.1 Å². The van der Waals surface area contributed by atoms with Crippen LogP contribution in [0.15, 0.2) is 72.8 Å². The summed E-state index contributed by atoms with van der Waals surface area (Å²) in [4.78, 5) is 54.4. The summed E-state index contributed by atoms with van der Waals surface area (Å²) in [5, 5.41) is 14.8. The van der Waals surface area contributed by atoms with Gasteiger partial charge in [-0.15, -0.1) is 0 Å². The molecule has 40 heavy (non-hydrogen) atoms. The number of carbonyl (C=O) groups is 4. The number of amides is 4. The summed E-state index contributed by atoms with van der Waals surface area (Å²) >= 11 is 0. The molecule has 0 bridgehead atoms. The number of nitrogens with zero attached hydrogens (tertiary/aromatic N) is 2. The van der Waals surface area contributed by atoms with Gasteiger partial charge in [0, 0.05) is 25.7 Å². The van der Waals surface area contributed by atoms with E-state index < -0.39 is 47.8 Å². The van der Waals surface area contributed by atoms with Gasteiger partial charge in [-0.3, -0.25) is 24.2 Å². The molecular formula is C30H31FN4O5. The van der Waals surface area contributed by atoms with Gasteiger partial charge in [-0.05, 0) is 54.3 Å². The van der Waals surface area contributed by atoms with Crippen molar-refractivity contribution in [2.24, 2.45) is 0 Å². The fourth-order valence-corrected chi connectivity index (χ4v) is 4.68. The molecule has 0 aliphatic carbocycles. The minimum Gasteiger partial charge on any atom is -0.465 e. The van der Waals surface area contributed by atoms with E-state index in [2.05, 4.69) is 10.6 Å². The second kappa shape index (κ2) is 12.0. The van der Waals surface area contributed by atoms with Crippen LogP contribution >= 0.6 is 0 Å². The molecule has 4 rings (SSSR count). The van der Waals surface area contributed by atoms with Crippen LogP contribution < -0.4 is 15.5 Å². The summed E-state index contributed by atoms with van der Waals surface area (Å²) < 4.78 is 13.8. The number of aryl methyl sites for hydroxylation is 1. The highest BCUT2D eigenvalue weighted by Gasteiger charge is 2.42. The number of para-hydroxylation sites is 1. The summed E-state index contributed by atoms with van der Waals surface area (Å²) in [7, 11) is 1.27. The third-order valence-corrected chi connectivity index (χ3v) is 7.21. The van der Waals surface area contributed by atoms with Crippen molar-refractivity contribution in [3.63, 3.8) is 0 Å². The number of hydrogen-bond acceptors (Lipinski definition) is 4. The molecule has 0 aromatic heterocycles. The first-order valence-corrected chi connectivity index (χ1v) is 12.8. The third-order valence-electron chi connectivity index (χ3n) is 7.21. The van der Waals surface area contributed by atoms with Crippen molar-refractivity contribution in [2.45, 2.75) is 44.9 Å². The predicted octanol–water partition coefficient (Wildman–Crippen LogP) is 3.56. The normalized spacial score (nSPS) is 15.5. The van der Waals surface area contributed by atoms with Crippen LogP contribution in [0.3, 0.4) is 0 Å². The molecule has 0 saturated heterocycles. The molecule has 4 amide bonds. The maximum Gasteiger partial charge on any atom is 0.407 e. The topological polar surface area (TPSA) is 119 Å². The average molecular weight is 547 g/mol. The predicted molar refractivity (Wildman–Crippen MR) is 147 cm³/mol. The Labute approximate surface area is 231 Å². The highest BCUT2D eigenvalue weighted by molar-refractivity contribution is 6.07. The number of carbonyl (C=O) groups excluding carboxylic acids is 3. The Balaban J connectivity index is 1.64. The Morgan fingerprint density at radius 2 is 1.73 bits per heavy atom. The number of hydrogen-bond donors (Lipinski definition) is 3. The van der Waals surface area contributed by atoms with Crippen LogP contribution in [-0.4, -0.2) is 53.0 Å². The van der Waals surface area contributed by atoms with Crippen molar-refractivity contribution in [3.05, 3.63) is 101 Å². The largest absolute Gasteiger partial charge is 0.465 e. The van der Waals surface area contributed by atoms with Gasteiger partial charge in [0.2, 0.25) is 11.8 Å². The van der Waals surface area contributed by atoms with E-state index in [9.17, 15) is 28.7 Å². The van der Waals surface area contributed by atoms with Gasteiger partial charge in [-0.1, -0.05) is 54.6 Å². The lowest BCUT2D eigenvalue weighted by Crippen LogP contribution is -2.53. The van der Waals surface area contributed by atoms with Crippen molar-refractivity contribution in [2.75, 3.05) is 11.9 Å². The first-order valence-electron chi connectivity index (χ1n) is 12.8. The SMILES string of the molecule is Cc1ccc(F)cc1CNC(=O)[C@@H]1Cc2ccccc2N1C(=O)[C@@H](NC(=O)[C@H](C)N(C)C(=O)O)c1ccccc1. The lowest BCUT2D eigenvalue weighted by atomic mass is 10.0. The maximum atomic E-state index is 14.2. The molecule has 208 valence electrons. The van der Waals surface area contributed by atoms with Crippen molar-refractivity contribution in [1.29, 1.82) is 0 Å². The smallest absolute Gasteiger partial charge is 0.407 e. The van der Waals surface area contributed by atoms with E-state index in [4.69, 9.17) is 0 Å². The van der Waals surface area contributed by atoms with Crippen LogP contribution in [0.1, 0.15) is 35.2 Å².